The minimum atomic E-state index is 0.338. The molecular weight excluding hydrogens is 278 g/mol. The lowest BCUT2D eigenvalue weighted by Gasteiger charge is -2.22. The summed E-state index contributed by atoms with van der Waals surface area (Å²) in [7, 11) is 1.62. The molecule has 5 nitrogen and oxygen atoms in total. The summed E-state index contributed by atoms with van der Waals surface area (Å²) in [5.41, 5.74) is 3.03. The van der Waals surface area contributed by atoms with Crippen LogP contribution in [0.1, 0.15) is 24.4 Å². The van der Waals surface area contributed by atoms with Gasteiger partial charge in [-0.25, -0.2) is 0 Å². The largest absolute Gasteiger partial charge is 0.496 e. The molecule has 22 heavy (non-hydrogen) atoms. The van der Waals surface area contributed by atoms with E-state index in [1.807, 2.05) is 29.1 Å². The van der Waals surface area contributed by atoms with Crippen molar-refractivity contribution >= 4 is 0 Å². The summed E-state index contributed by atoms with van der Waals surface area (Å²) < 4.78 is 12.7. The Bertz CT molecular complexity index is 681. The molecule has 0 saturated carbocycles. The van der Waals surface area contributed by atoms with Crippen LogP contribution in [0.2, 0.25) is 0 Å². The van der Waals surface area contributed by atoms with Gasteiger partial charge in [0.25, 0.3) is 0 Å². The second-order valence-electron chi connectivity index (χ2n) is 5.41. The van der Waals surface area contributed by atoms with Crippen molar-refractivity contribution in [2.75, 3.05) is 20.3 Å². The quantitative estimate of drug-likeness (QED) is 0.870. The summed E-state index contributed by atoms with van der Waals surface area (Å²) in [4.78, 5) is 0. The second kappa shape index (κ2) is 6.63. The summed E-state index contributed by atoms with van der Waals surface area (Å²) in [6.45, 7) is 1.60. The highest BCUT2D eigenvalue weighted by molar-refractivity contribution is 5.64. The highest BCUT2D eigenvalue weighted by Gasteiger charge is 2.17. The van der Waals surface area contributed by atoms with Crippen molar-refractivity contribution in [1.82, 2.24) is 9.78 Å². The molecule has 2 heterocycles. The third kappa shape index (κ3) is 2.97. The van der Waals surface area contributed by atoms with E-state index >= 15 is 0 Å². The summed E-state index contributed by atoms with van der Waals surface area (Å²) in [5, 5.41) is 13.4. The van der Waals surface area contributed by atoms with Crippen molar-refractivity contribution in [2.45, 2.75) is 25.3 Å². The molecule has 0 spiro atoms. The lowest BCUT2D eigenvalue weighted by molar-refractivity contribution is 0.0662. The third-order valence-electron chi connectivity index (χ3n) is 4.05. The molecule has 0 N–H and O–H groups in total. The summed E-state index contributed by atoms with van der Waals surface area (Å²) in [6.07, 6.45) is 6.30. The van der Waals surface area contributed by atoms with Crippen LogP contribution in [-0.2, 0) is 11.2 Å². The maximum atomic E-state index is 8.94. The number of ether oxygens (including phenoxy) is 2. The minimum Gasteiger partial charge on any atom is -0.496 e. The fourth-order valence-electron chi connectivity index (χ4n) is 2.82. The average molecular weight is 297 g/mol. The maximum absolute atomic E-state index is 8.94. The Kier molecular flexibility index (Phi) is 4.40. The number of nitrogens with zero attached hydrogens (tertiary/aromatic N) is 3. The van der Waals surface area contributed by atoms with Crippen molar-refractivity contribution in [2.24, 2.45) is 0 Å². The zero-order valence-corrected chi connectivity index (χ0v) is 12.7. The normalized spacial score (nSPS) is 15.5. The molecule has 0 radical (unpaired) electrons. The van der Waals surface area contributed by atoms with Gasteiger partial charge in [-0.1, -0.05) is 6.07 Å². The Balaban J connectivity index is 1.86. The lowest BCUT2D eigenvalue weighted by Crippen LogP contribution is -2.19. The Morgan fingerprint density at radius 2 is 2.18 bits per heavy atom. The van der Waals surface area contributed by atoms with E-state index in [2.05, 4.69) is 17.4 Å². The van der Waals surface area contributed by atoms with Crippen LogP contribution in [0.15, 0.2) is 30.6 Å². The van der Waals surface area contributed by atoms with E-state index in [1.165, 1.54) is 0 Å². The first-order valence-electron chi connectivity index (χ1n) is 7.48. The van der Waals surface area contributed by atoms with Gasteiger partial charge in [-0.3, -0.25) is 4.68 Å². The van der Waals surface area contributed by atoms with Gasteiger partial charge in [0.2, 0.25) is 0 Å². The molecule has 114 valence electrons. The fourth-order valence-corrected chi connectivity index (χ4v) is 2.82. The van der Waals surface area contributed by atoms with Gasteiger partial charge in [-0.2, -0.15) is 10.4 Å². The summed E-state index contributed by atoms with van der Waals surface area (Å²) in [6, 6.07) is 8.52. The average Bonchev–Trinajstić information content (AvgIpc) is 3.06. The van der Waals surface area contributed by atoms with E-state index in [4.69, 9.17) is 14.7 Å². The number of nitriles is 1. The zero-order valence-electron chi connectivity index (χ0n) is 12.7. The smallest absolute Gasteiger partial charge is 0.123 e. The van der Waals surface area contributed by atoms with Crippen LogP contribution in [0.5, 0.6) is 5.75 Å². The molecule has 1 saturated heterocycles. The van der Waals surface area contributed by atoms with E-state index in [0.29, 0.717) is 12.5 Å². The van der Waals surface area contributed by atoms with Gasteiger partial charge in [0.05, 0.1) is 31.8 Å². The van der Waals surface area contributed by atoms with E-state index in [0.717, 1.165) is 48.5 Å². The standard InChI is InChI=1S/C17H19N3O2/c1-21-17-3-2-13(10-14(17)4-7-18)15-11-19-20(12-15)16-5-8-22-9-6-16/h2-3,10-12,16H,4-6,8-9H2,1H3. The molecule has 5 heteroatoms. The van der Waals surface area contributed by atoms with Crippen molar-refractivity contribution in [3.63, 3.8) is 0 Å². The van der Waals surface area contributed by atoms with Crippen molar-refractivity contribution in [3.05, 3.63) is 36.2 Å². The molecule has 2 aromatic rings. The fraction of sp³-hybridized carbons (Fsp3) is 0.412. The number of methoxy groups -OCH3 is 1. The third-order valence-corrected chi connectivity index (χ3v) is 4.05. The molecular formula is C17H19N3O2. The van der Waals surface area contributed by atoms with Gasteiger partial charge in [0, 0.05) is 30.5 Å². The molecule has 3 rings (SSSR count). The first-order chi connectivity index (χ1) is 10.8. The van der Waals surface area contributed by atoms with Crippen LogP contribution in [0.3, 0.4) is 0 Å². The molecule has 1 aromatic heterocycles. The second-order valence-corrected chi connectivity index (χ2v) is 5.41. The Morgan fingerprint density at radius 1 is 1.36 bits per heavy atom. The van der Waals surface area contributed by atoms with Crippen molar-refractivity contribution in [3.8, 4) is 22.9 Å². The molecule has 0 unspecified atom stereocenters. The van der Waals surface area contributed by atoms with Crippen LogP contribution < -0.4 is 4.74 Å². The van der Waals surface area contributed by atoms with E-state index in [9.17, 15) is 0 Å². The maximum Gasteiger partial charge on any atom is 0.123 e. The molecule has 0 bridgehead atoms. The van der Waals surface area contributed by atoms with Gasteiger partial charge >= 0.3 is 0 Å². The topological polar surface area (TPSA) is 60.1 Å². The van der Waals surface area contributed by atoms with Gasteiger partial charge < -0.3 is 9.47 Å². The SMILES string of the molecule is COc1ccc(-c2cnn(C3CCOCC3)c2)cc1CC#N. The van der Waals surface area contributed by atoms with Crippen molar-refractivity contribution in [1.29, 1.82) is 5.26 Å². The van der Waals surface area contributed by atoms with Crippen LogP contribution >= 0.6 is 0 Å². The monoisotopic (exact) mass is 297 g/mol. The first kappa shape index (κ1) is 14.6. The van der Waals surface area contributed by atoms with Crippen LogP contribution in [0, 0.1) is 11.3 Å². The molecule has 0 aliphatic carbocycles. The number of aromatic nitrogens is 2. The van der Waals surface area contributed by atoms with E-state index in [1.54, 1.807) is 7.11 Å². The predicted molar refractivity (Wildman–Crippen MR) is 82.6 cm³/mol. The van der Waals surface area contributed by atoms with Gasteiger partial charge in [-0.05, 0) is 30.5 Å². The highest BCUT2D eigenvalue weighted by atomic mass is 16.5. The van der Waals surface area contributed by atoms with Crippen LogP contribution in [-0.4, -0.2) is 30.1 Å². The number of hydrogen-bond donors (Lipinski definition) is 0. The zero-order chi connectivity index (χ0) is 15.4. The summed E-state index contributed by atoms with van der Waals surface area (Å²) in [5.74, 6) is 0.752. The molecule has 1 aliphatic heterocycles. The van der Waals surface area contributed by atoms with Gasteiger partial charge in [-0.15, -0.1) is 0 Å². The predicted octanol–water partition coefficient (Wildman–Crippen LogP) is 2.98. The molecule has 0 amide bonds. The van der Waals surface area contributed by atoms with E-state index < -0.39 is 0 Å². The minimum absolute atomic E-state index is 0.338. The first-order valence-corrected chi connectivity index (χ1v) is 7.48. The molecule has 1 aromatic carbocycles. The highest BCUT2D eigenvalue weighted by Crippen LogP contribution is 2.28. The van der Waals surface area contributed by atoms with Gasteiger partial charge in [0.1, 0.15) is 5.75 Å². The number of hydrogen-bond acceptors (Lipinski definition) is 4. The van der Waals surface area contributed by atoms with Crippen LogP contribution in [0.25, 0.3) is 11.1 Å². The Labute approximate surface area is 130 Å². The van der Waals surface area contributed by atoms with Gasteiger partial charge in [0.15, 0.2) is 0 Å². The molecule has 0 atom stereocenters. The summed E-state index contributed by atoms with van der Waals surface area (Å²) >= 11 is 0. The van der Waals surface area contributed by atoms with E-state index in [-0.39, 0.29) is 0 Å². The van der Waals surface area contributed by atoms with Crippen molar-refractivity contribution < 1.29 is 9.47 Å². The lowest BCUT2D eigenvalue weighted by atomic mass is 10.0. The van der Waals surface area contributed by atoms with Crippen LogP contribution in [0.4, 0.5) is 0 Å². The Hall–Kier alpha value is -2.32. The molecule has 1 fully saturated rings. The molecule has 1 aliphatic rings. The number of benzene rings is 1. The number of rotatable bonds is 4. The Morgan fingerprint density at radius 3 is 2.91 bits per heavy atom.